The number of nitrogens with one attached hydrogen (secondary N) is 1. The van der Waals surface area contributed by atoms with Crippen molar-refractivity contribution in [3.8, 4) is 0 Å². The van der Waals surface area contributed by atoms with E-state index in [-0.39, 0.29) is 0 Å². The molecule has 0 radical (unpaired) electrons. The van der Waals surface area contributed by atoms with Crippen LogP contribution >= 0.6 is 0 Å². The molecule has 2 saturated heterocycles. The molecule has 0 spiro atoms. The Morgan fingerprint density at radius 2 is 2.06 bits per heavy atom. The van der Waals surface area contributed by atoms with Gasteiger partial charge in [0.15, 0.2) is 0 Å². The van der Waals surface area contributed by atoms with E-state index in [0.29, 0.717) is 12.1 Å². The smallest absolute Gasteiger partial charge is 0.0867 e. The Balaban J connectivity index is 1.62. The van der Waals surface area contributed by atoms with E-state index >= 15 is 0 Å². The minimum absolute atomic E-state index is 0.446. The summed E-state index contributed by atoms with van der Waals surface area (Å²) in [5, 5.41) is 3.58. The molecule has 2 aliphatic heterocycles. The first kappa shape index (κ1) is 14.3. The van der Waals surface area contributed by atoms with Crippen molar-refractivity contribution in [3.63, 3.8) is 0 Å². The molecule has 18 heavy (non-hydrogen) atoms. The predicted molar refractivity (Wildman–Crippen MR) is 75.9 cm³/mol. The molecule has 3 atom stereocenters. The van der Waals surface area contributed by atoms with Gasteiger partial charge in [0.2, 0.25) is 0 Å². The van der Waals surface area contributed by atoms with Crippen LogP contribution in [0.1, 0.15) is 52.4 Å². The third kappa shape index (κ3) is 3.94. The highest BCUT2D eigenvalue weighted by molar-refractivity contribution is 4.93. The lowest BCUT2D eigenvalue weighted by Gasteiger charge is -2.25. The Kier molecular flexibility index (Phi) is 5.93. The number of unbranched alkanes of at least 4 members (excludes halogenated alkanes) is 4. The number of morpholine rings is 1. The van der Waals surface area contributed by atoms with Crippen molar-refractivity contribution in [2.45, 2.75) is 70.6 Å². The van der Waals surface area contributed by atoms with Gasteiger partial charge in [0, 0.05) is 31.7 Å². The van der Waals surface area contributed by atoms with Crippen LogP contribution in [0.5, 0.6) is 0 Å². The van der Waals surface area contributed by atoms with Crippen LogP contribution in [0.2, 0.25) is 0 Å². The molecule has 106 valence electrons. The van der Waals surface area contributed by atoms with Crippen LogP contribution < -0.4 is 5.32 Å². The van der Waals surface area contributed by atoms with Crippen molar-refractivity contribution in [3.05, 3.63) is 0 Å². The zero-order chi connectivity index (χ0) is 12.8. The van der Waals surface area contributed by atoms with Gasteiger partial charge in [-0.25, -0.2) is 0 Å². The average Bonchev–Trinajstić information content (AvgIpc) is 2.82. The Bertz CT molecular complexity index is 221. The van der Waals surface area contributed by atoms with Crippen LogP contribution in [0.3, 0.4) is 0 Å². The number of rotatable bonds is 7. The van der Waals surface area contributed by atoms with Crippen LogP contribution in [0.15, 0.2) is 0 Å². The fraction of sp³-hybridized carbons (Fsp3) is 1.00. The number of nitrogens with zero attached hydrogens (tertiary/aromatic N) is 1. The summed E-state index contributed by atoms with van der Waals surface area (Å²) < 4.78 is 5.84. The molecule has 3 nitrogen and oxygen atoms in total. The van der Waals surface area contributed by atoms with Crippen molar-refractivity contribution in [2.24, 2.45) is 0 Å². The molecule has 0 aromatic carbocycles. The van der Waals surface area contributed by atoms with Gasteiger partial charge in [0.1, 0.15) is 0 Å². The second-order valence-corrected chi connectivity index (χ2v) is 5.98. The lowest BCUT2D eigenvalue weighted by molar-refractivity contribution is 0.0165. The van der Waals surface area contributed by atoms with Crippen molar-refractivity contribution < 1.29 is 4.74 Å². The predicted octanol–water partition coefficient (Wildman–Crippen LogP) is 2.41. The molecular formula is C15H30N2O. The molecule has 0 aromatic rings. The molecular weight excluding hydrogens is 224 g/mol. The number of hydrogen-bond acceptors (Lipinski definition) is 3. The molecule has 0 aromatic heterocycles. The first-order valence-corrected chi connectivity index (χ1v) is 7.90. The second kappa shape index (κ2) is 7.46. The van der Waals surface area contributed by atoms with Crippen LogP contribution in [0, 0.1) is 0 Å². The second-order valence-electron chi connectivity index (χ2n) is 5.98. The van der Waals surface area contributed by atoms with Gasteiger partial charge in [-0.15, -0.1) is 0 Å². The zero-order valence-electron chi connectivity index (χ0n) is 12.2. The van der Waals surface area contributed by atoms with E-state index in [2.05, 4.69) is 24.1 Å². The first-order chi connectivity index (χ1) is 8.81. The maximum Gasteiger partial charge on any atom is 0.0867 e. The van der Waals surface area contributed by atoms with E-state index in [9.17, 15) is 0 Å². The molecule has 3 heteroatoms. The Hall–Kier alpha value is -0.120. The molecule has 2 heterocycles. The highest BCUT2D eigenvalue weighted by Gasteiger charge is 2.36. The zero-order valence-corrected chi connectivity index (χ0v) is 12.2. The lowest BCUT2D eigenvalue weighted by atomic mass is 10.1. The lowest BCUT2D eigenvalue weighted by Crippen LogP contribution is -2.47. The molecule has 0 bridgehead atoms. The minimum Gasteiger partial charge on any atom is -0.374 e. The summed E-state index contributed by atoms with van der Waals surface area (Å²) in [4.78, 5) is 2.62. The fourth-order valence-corrected chi connectivity index (χ4v) is 3.21. The van der Waals surface area contributed by atoms with E-state index in [1.165, 1.54) is 45.1 Å². The van der Waals surface area contributed by atoms with Crippen LogP contribution in [0.25, 0.3) is 0 Å². The van der Waals surface area contributed by atoms with Gasteiger partial charge in [-0.3, -0.25) is 4.90 Å². The van der Waals surface area contributed by atoms with Gasteiger partial charge in [0.05, 0.1) is 12.7 Å². The summed E-state index contributed by atoms with van der Waals surface area (Å²) in [5.74, 6) is 0. The van der Waals surface area contributed by atoms with Gasteiger partial charge in [-0.2, -0.15) is 0 Å². The van der Waals surface area contributed by atoms with E-state index < -0.39 is 0 Å². The van der Waals surface area contributed by atoms with E-state index in [4.69, 9.17) is 4.74 Å². The molecule has 0 aliphatic carbocycles. The van der Waals surface area contributed by atoms with Crippen molar-refractivity contribution >= 4 is 0 Å². The highest BCUT2D eigenvalue weighted by atomic mass is 16.5. The third-order valence-corrected chi connectivity index (χ3v) is 4.48. The van der Waals surface area contributed by atoms with Gasteiger partial charge < -0.3 is 10.1 Å². The summed E-state index contributed by atoms with van der Waals surface area (Å²) in [7, 11) is 0. The summed E-state index contributed by atoms with van der Waals surface area (Å²) in [5.41, 5.74) is 0. The summed E-state index contributed by atoms with van der Waals surface area (Å²) in [6.45, 7) is 8.90. The number of likely N-dealkylation sites (tertiary alicyclic amines) is 1. The third-order valence-electron chi connectivity index (χ3n) is 4.48. The summed E-state index contributed by atoms with van der Waals surface area (Å²) in [6, 6.07) is 1.31. The van der Waals surface area contributed by atoms with E-state index in [0.717, 1.165) is 25.7 Å². The molecule has 0 amide bonds. The summed E-state index contributed by atoms with van der Waals surface area (Å²) in [6.07, 6.45) is 8.76. The molecule has 2 fully saturated rings. The first-order valence-electron chi connectivity index (χ1n) is 7.90. The highest BCUT2D eigenvalue weighted by Crippen LogP contribution is 2.21. The Morgan fingerprint density at radius 3 is 2.83 bits per heavy atom. The number of ether oxygens (including phenoxy) is 1. The molecule has 1 N–H and O–H groups in total. The van der Waals surface area contributed by atoms with Crippen LogP contribution in [-0.4, -0.2) is 49.3 Å². The summed E-state index contributed by atoms with van der Waals surface area (Å²) >= 11 is 0. The topological polar surface area (TPSA) is 24.5 Å². The number of fused-ring (bicyclic) bond motifs is 1. The quantitative estimate of drug-likeness (QED) is 0.706. The van der Waals surface area contributed by atoms with E-state index in [1.807, 2.05) is 0 Å². The van der Waals surface area contributed by atoms with E-state index in [1.54, 1.807) is 0 Å². The fourth-order valence-electron chi connectivity index (χ4n) is 3.21. The largest absolute Gasteiger partial charge is 0.374 e. The molecule has 1 unspecified atom stereocenters. The Labute approximate surface area is 112 Å². The molecule has 0 saturated carbocycles. The van der Waals surface area contributed by atoms with Crippen molar-refractivity contribution in [1.82, 2.24) is 10.2 Å². The monoisotopic (exact) mass is 254 g/mol. The SMILES string of the molecule is CCCCCCCC(C)N1C[C@@H]2NCCO[C@@H]2C1. The van der Waals surface area contributed by atoms with Crippen molar-refractivity contribution in [1.29, 1.82) is 0 Å². The standard InChI is InChI=1S/C15H30N2O/c1-3-4-5-6-7-8-13(2)17-11-14-15(12-17)18-10-9-16-14/h13-16H,3-12H2,1-2H3/t13?,14-,15+/m0/s1. The minimum atomic E-state index is 0.446. The van der Waals surface area contributed by atoms with Crippen LogP contribution in [0.4, 0.5) is 0 Å². The van der Waals surface area contributed by atoms with Gasteiger partial charge in [-0.05, 0) is 13.3 Å². The molecule has 2 rings (SSSR count). The van der Waals surface area contributed by atoms with Crippen LogP contribution in [-0.2, 0) is 4.74 Å². The van der Waals surface area contributed by atoms with Gasteiger partial charge >= 0.3 is 0 Å². The van der Waals surface area contributed by atoms with Gasteiger partial charge in [-0.1, -0.05) is 39.0 Å². The van der Waals surface area contributed by atoms with Crippen molar-refractivity contribution in [2.75, 3.05) is 26.2 Å². The number of hydrogen-bond donors (Lipinski definition) is 1. The molecule has 2 aliphatic rings. The maximum atomic E-state index is 5.84. The van der Waals surface area contributed by atoms with Gasteiger partial charge in [0.25, 0.3) is 0 Å². The normalized spacial score (nSPS) is 30.3. The maximum absolute atomic E-state index is 5.84. The average molecular weight is 254 g/mol. The Morgan fingerprint density at radius 1 is 1.22 bits per heavy atom.